The number of fused-ring (bicyclic) bond motifs is 1. The maximum atomic E-state index is 5.06. The van der Waals surface area contributed by atoms with Crippen LogP contribution in [-0.4, -0.2) is 27.0 Å². The van der Waals surface area contributed by atoms with Gasteiger partial charge in [0.25, 0.3) is 6.01 Å². The van der Waals surface area contributed by atoms with Gasteiger partial charge in [-0.15, -0.1) is 0 Å². The summed E-state index contributed by atoms with van der Waals surface area (Å²) < 4.78 is 5.30. The average Bonchev–Trinajstić information content (AvgIpc) is 2.46. The summed E-state index contributed by atoms with van der Waals surface area (Å²) in [7, 11) is 1.53. The van der Waals surface area contributed by atoms with E-state index in [0.717, 1.165) is 16.5 Å². The molecule has 0 saturated heterocycles. The van der Waals surface area contributed by atoms with Crippen LogP contribution in [0.5, 0.6) is 6.01 Å². The van der Waals surface area contributed by atoms with E-state index in [1.165, 1.54) is 7.11 Å². The van der Waals surface area contributed by atoms with Gasteiger partial charge in [0.1, 0.15) is 5.82 Å². The highest BCUT2D eigenvalue weighted by Crippen LogP contribution is 2.21. The Morgan fingerprint density at radius 3 is 2.95 bits per heavy atom. The summed E-state index contributed by atoms with van der Waals surface area (Å²) >= 11 is 5.01. The Morgan fingerprint density at radius 2 is 2.11 bits per heavy atom. The van der Waals surface area contributed by atoms with Gasteiger partial charge in [-0.1, -0.05) is 18.2 Å². The van der Waals surface area contributed by atoms with Gasteiger partial charge in [-0.3, -0.25) is 9.97 Å². The Labute approximate surface area is 114 Å². The lowest BCUT2D eigenvalue weighted by atomic mass is 10.1. The van der Waals surface area contributed by atoms with Gasteiger partial charge < -0.3 is 4.74 Å². The monoisotopic (exact) mass is 270 g/mol. The van der Waals surface area contributed by atoms with Crippen LogP contribution in [0.25, 0.3) is 22.3 Å². The van der Waals surface area contributed by atoms with Crippen molar-refractivity contribution in [3.05, 3.63) is 41.3 Å². The zero-order valence-corrected chi connectivity index (χ0v) is 10.9. The summed E-state index contributed by atoms with van der Waals surface area (Å²) in [6.07, 6.45) is 1.76. The molecule has 1 aromatic carbocycles. The van der Waals surface area contributed by atoms with E-state index in [4.69, 9.17) is 17.0 Å². The normalized spacial score (nSPS) is 10.6. The van der Waals surface area contributed by atoms with Gasteiger partial charge in [0.15, 0.2) is 0 Å². The molecule has 19 heavy (non-hydrogen) atoms. The van der Waals surface area contributed by atoms with Crippen LogP contribution in [0.2, 0.25) is 0 Å². The summed E-state index contributed by atoms with van der Waals surface area (Å²) in [5.41, 5.74) is 1.79. The highest BCUT2D eigenvalue weighted by Gasteiger charge is 2.05. The highest BCUT2D eigenvalue weighted by atomic mass is 32.1. The van der Waals surface area contributed by atoms with E-state index in [9.17, 15) is 0 Å². The van der Waals surface area contributed by atoms with Gasteiger partial charge in [-0.2, -0.15) is 4.98 Å². The molecule has 0 aliphatic rings. The molecule has 0 atom stereocenters. The van der Waals surface area contributed by atoms with Crippen molar-refractivity contribution in [1.82, 2.24) is 19.9 Å². The van der Waals surface area contributed by atoms with E-state index in [1.54, 1.807) is 6.20 Å². The number of H-pyrrole nitrogens is 1. The number of nitrogens with zero attached hydrogens (tertiary/aromatic N) is 3. The molecule has 0 spiro atoms. The van der Waals surface area contributed by atoms with Gasteiger partial charge in [0.05, 0.1) is 12.6 Å². The molecule has 0 unspecified atom stereocenters. The van der Waals surface area contributed by atoms with Crippen molar-refractivity contribution in [1.29, 1.82) is 0 Å². The van der Waals surface area contributed by atoms with Crippen LogP contribution in [0.3, 0.4) is 0 Å². The maximum absolute atomic E-state index is 5.06. The lowest BCUT2D eigenvalue weighted by molar-refractivity contribution is 0.378. The van der Waals surface area contributed by atoms with E-state index in [0.29, 0.717) is 11.8 Å². The molecule has 1 N–H and O–H groups in total. The summed E-state index contributed by atoms with van der Waals surface area (Å²) in [6.45, 7) is 0. The molecule has 0 radical (unpaired) electrons. The molecule has 0 fully saturated rings. The van der Waals surface area contributed by atoms with E-state index in [2.05, 4.69) is 19.9 Å². The standard InChI is InChI=1S/C13H10N4OS/c1-18-12-15-11(16-13(19)17-12)9-5-4-8-3-2-6-14-10(8)7-9/h2-7H,1H3,(H,15,16,17,19). The van der Waals surface area contributed by atoms with Gasteiger partial charge in [0, 0.05) is 17.1 Å². The van der Waals surface area contributed by atoms with Gasteiger partial charge in [-0.25, -0.2) is 4.98 Å². The predicted octanol–water partition coefficient (Wildman–Crippen LogP) is 2.76. The Balaban J connectivity index is 2.18. The molecule has 0 saturated carbocycles. The largest absolute Gasteiger partial charge is 0.468 e. The lowest BCUT2D eigenvalue weighted by Gasteiger charge is -2.04. The van der Waals surface area contributed by atoms with Crippen LogP contribution >= 0.6 is 12.2 Å². The number of hydrogen-bond donors (Lipinski definition) is 1. The minimum absolute atomic E-state index is 0.242. The van der Waals surface area contributed by atoms with Crippen LogP contribution in [-0.2, 0) is 0 Å². The second-order valence-corrected chi connectivity index (χ2v) is 4.27. The van der Waals surface area contributed by atoms with E-state index < -0.39 is 0 Å². The van der Waals surface area contributed by atoms with E-state index in [1.807, 2.05) is 30.3 Å². The van der Waals surface area contributed by atoms with Crippen molar-refractivity contribution in [2.45, 2.75) is 0 Å². The summed E-state index contributed by atoms with van der Waals surface area (Å²) in [4.78, 5) is 15.4. The quantitative estimate of drug-likeness (QED) is 0.725. The van der Waals surface area contributed by atoms with Crippen LogP contribution in [0.1, 0.15) is 0 Å². The smallest absolute Gasteiger partial charge is 0.297 e. The molecule has 6 heteroatoms. The van der Waals surface area contributed by atoms with E-state index >= 15 is 0 Å². The van der Waals surface area contributed by atoms with Gasteiger partial charge in [-0.05, 0) is 24.4 Å². The third-order valence-electron chi connectivity index (χ3n) is 2.70. The molecular formula is C13H10N4OS. The molecule has 2 aromatic heterocycles. The van der Waals surface area contributed by atoms with Gasteiger partial charge in [0.2, 0.25) is 4.77 Å². The van der Waals surface area contributed by atoms with Gasteiger partial charge >= 0.3 is 0 Å². The molecule has 3 rings (SSSR count). The first-order chi connectivity index (χ1) is 9.26. The fourth-order valence-corrected chi connectivity index (χ4v) is 1.99. The molecule has 2 heterocycles. The number of nitrogens with one attached hydrogen (secondary N) is 1. The van der Waals surface area contributed by atoms with Crippen molar-refractivity contribution in [2.24, 2.45) is 0 Å². The third kappa shape index (κ3) is 2.30. The summed E-state index contributed by atoms with van der Waals surface area (Å²) in [5.74, 6) is 0.615. The predicted molar refractivity (Wildman–Crippen MR) is 74.5 cm³/mol. The Hall–Kier alpha value is -2.34. The second-order valence-electron chi connectivity index (χ2n) is 3.90. The zero-order chi connectivity index (χ0) is 13.2. The molecule has 0 bridgehead atoms. The maximum Gasteiger partial charge on any atom is 0.297 e. The SMILES string of the molecule is COc1nc(=S)nc(-c2ccc3cccnc3c2)[nH]1. The molecule has 0 aliphatic heterocycles. The number of aromatic nitrogens is 4. The Morgan fingerprint density at radius 1 is 1.21 bits per heavy atom. The fraction of sp³-hybridized carbons (Fsp3) is 0.0769. The topological polar surface area (TPSA) is 63.7 Å². The first-order valence-corrected chi connectivity index (χ1v) is 6.04. The zero-order valence-electron chi connectivity index (χ0n) is 10.1. The number of benzene rings is 1. The van der Waals surface area contributed by atoms with Crippen LogP contribution < -0.4 is 4.74 Å². The molecule has 0 aliphatic carbocycles. The van der Waals surface area contributed by atoms with Crippen molar-refractivity contribution in [3.8, 4) is 17.4 Å². The minimum atomic E-state index is 0.242. The molecule has 0 amide bonds. The second kappa shape index (κ2) is 4.74. The number of aromatic amines is 1. The summed E-state index contributed by atoms with van der Waals surface area (Å²) in [5, 5.41) is 1.07. The highest BCUT2D eigenvalue weighted by molar-refractivity contribution is 7.71. The van der Waals surface area contributed by atoms with Crippen molar-refractivity contribution in [3.63, 3.8) is 0 Å². The Bertz CT molecular complexity index is 800. The number of hydrogen-bond acceptors (Lipinski definition) is 5. The van der Waals surface area contributed by atoms with Crippen LogP contribution in [0.4, 0.5) is 0 Å². The summed E-state index contributed by atoms with van der Waals surface area (Å²) in [6, 6.07) is 10.1. The molecule has 5 nitrogen and oxygen atoms in total. The molecular weight excluding hydrogens is 260 g/mol. The first kappa shape index (κ1) is 11.7. The fourth-order valence-electron chi connectivity index (χ4n) is 1.81. The molecule has 94 valence electrons. The lowest BCUT2D eigenvalue weighted by Crippen LogP contribution is -1.97. The van der Waals surface area contributed by atoms with Crippen molar-refractivity contribution in [2.75, 3.05) is 7.11 Å². The third-order valence-corrected chi connectivity index (χ3v) is 2.89. The van der Waals surface area contributed by atoms with E-state index in [-0.39, 0.29) is 4.77 Å². The first-order valence-electron chi connectivity index (χ1n) is 5.64. The van der Waals surface area contributed by atoms with Crippen LogP contribution in [0, 0.1) is 4.77 Å². The number of ether oxygens (including phenoxy) is 1. The molecule has 3 aromatic rings. The number of rotatable bonds is 2. The minimum Gasteiger partial charge on any atom is -0.468 e. The Kier molecular flexibility index (Phi) is 2.92. The van der Waals surface area contributed by atoms with Crippen molar-refractivity contribution >= 4 is 23.1 Å². The van der Waals surface area contributed by atoms with Crippen molar-refractivity contribution < 1.29 is 4.74 Å². The number of pyridine rings is 1. The average molecular weight is 270 g/mol. The van der Waals surface area contributed by atoms with Crippen LogP contribution in [0.15, 0.2) is 36.5 Å². The number of methoxy groups -OCH3 is 1.